The number of carbonyl (C=O) groups excluding carboxylic acids is 1. The number of benzene rings is 1. The van der Waals surface area contributed by atoms with Gasteiger partial charge in [-0.3, -0.25) is 4.79 Å². The molecule has 0 aromatic heterocycles. The molecule has 0 spiro atoms. The van der Waals surface area contributed by atoms with Crippen LogP contribution < -0.4 is 10.6 Å². The molecule has 1 rings (SSSR count). The van der Waals surface area contributed by atoms with Crippen molar-refractivity contribution in [3.05, 3.63) is 48.0 Å². The van der Waals surface area contributed by atoms with E-state index in [0.29, 0.717) is 6.54 Å². The minimum Gasteiger partial charge on any atom is -0.351 e. The minimum atomic E-state index is -4.40. The second-order valence-corrected chi connectivity index (χ2v) is 4.29. The van der Waals surface area contributed by atoms with E-state index < -0.39 is 17.8 Å². The lowest BCUT2D eigenvalue weighted by molar-refractivity contribution is -0.138. The number of carbonyl (C=O) groups is 1. The van der Waals surface area contributed by atoms with E-state index in [0.717, 1.165) is 6.07 Å². The molecule has 1 amide bonds. The monoisotopic (exact) mass is 286 g/mol. The summed E-state index contributed by atoms with van der Waals surface area (Å²) < 4.78 is 38.3. The summed E-state index contributed by atoms with van der Waals surface area (Å²) in [5.74, 6) is -0.283. The van der Waals surface area contributed by atoms with E-state index in [-0.39, 0.29) is 18.0 Å². The molecule has 110 valence electrons. The highest BCUT2D eigenvalue weighted by atomic mass is 19.4. The van der Waals surface area contributed by atoms with E-state index in [1.807, 2.05) is 0 Å². The maximum atomic E-state index is 12.8. The zero-order chi connectivity index (χ0) is 15.2. The molecule has 1 aromatic carbocycles. The number of nitrogens with one attached hydrogen (secondary N) is 2. The fourth-order valence-corrected chi connectivity index (χ4v) is 1.63. The summed E-state index contributed by atoms with van der Waals surface area (Å²) in [4.78, 5) is 11.6. The number of rotatable bonds is 6. The maximum Gasteiger partial charge on any atom is 0.416 e. The van der Waals surface area contributed by atoms with Gasteiger partial charge in [-0.15, -0.1) is 6.58 Å². The number of amides is 1. The van der Waals surface area contributed by atoms with Gasteiger partial charge in [-0.05, 0) is 18.6 Å². The largest absolute Gasteiger partial charge is 0.416 e. The number of hydrogen-bond donors (Lipinski definition) is 2. The van der Waals surface area contributed by atoms with Crippen molar-refractivity contribution in [3.8, 4) is 0 Å². The predicted octanol–water partition coefficient (Wildman–Crippen LogP) is 2.49. The molecule has 0 heterocycles. The SMILES string of the molecule is C=CCNC(=O)C(C)NCc1ccccc1C(F)(F)F. The average Bonchev–Trinajstić information content (AvgIpc) is 2.41. The molecule has 3 nitrogen and oxygen atoms in total. The molecule has 0 aliphatic carbocycles. The molecule has 0 bridgehead atoms. The van der Waals surface area contributed by atoms with Gasteiger partial charge in [0.05, 0.1) is 11.6 Å². The number of alkyl halides is 3. The predicted molar refractivity (Wildman–Crippen MR) is 71.0 cm³/mol. The van der Waals surface area contributed by atoms with Crippen LogP contribution in [0.2, 0.25) is 0 Å². The summed E-state index contributed by atoms with van der Waals surface area (Å²) in [6.07, 6.45) is -2.86. The van der Waals surface area contributed by atoms with Gasteiger partial charge in [-0.2, -0.15) is 13.2 Å². The summed E-state index contributed by atoms with van der Waals surface area (Å²) in [5, 5.41) is 5.35. The Morgan fingerprint density at radius 2 is 2.05 bits per heavy atom. The van der Waals surface area contributed by atoms with Gasteiger partial charge in [-0.1, -0.05) is 24.3 Å². The standard InChI is InChI=1S/C14H17F3N2O/c1-3-8-18-13(20)10(2)19-9-11-6-4-5-7-12(11)14(15,16)17/h3-7,10,19H,1,8-9H2,2H3,(H,18,20). The molecule has 1 unspecified atom stereocenters. The van der Waals surface area contributed by atoms with Crippen LogP contribution >= 0.6 is 0 Å². The van der Waals surface area contributed by atoms with Crippen LogP contribution in [-0.2, 0) is 17.5 Å². The van der Waals surface area contributed by atoms with Gasteiger partial charge in [0.2, 0.25) is 5.91 Å². The van der Waals surface area contributed by atoms with Crippen LogP contribution in [0.15, 0.2) is 36.9 Å². The molecule has 0 saturated heterocycles. The topological polar surface area (TPSA) is 41.1 Å². The Labute approximate surface area is 115 Å². The van der Waals surface area contributed by atoms with Crippen LogP contribution in [0.3, 0.4) is 0 Å². The van der Waals surface area contributed by atoms with Gasteiger partial charge >= 0.3 is 6.18 Å². The molecule has 0 radical (unpaired) electrons. The van der Waals surface area contributed by atoms with Crippen LogP contribution in [0.5, 0.6) is 0 Å². The first kappa shape index (κ1) is 16.2. The normalized spacial score (nSPS) is 12.8. The van der Waals surface area contributed by atoms with Gasteiger partial charge in [0.1, 0.15) is 0 Å². The molecular formula is C14H17F3N2O. The Kier molecular flexibility index (Phi) is 5.76. The van der Waals surface area contributed by atoms with Gasteiger partial charge in [0.25, 0.3) is 0 Å². The summed E-state index contributed by atoms with van der Waals surface area (Å²) in [6.45, 7) is 5.35. The highest BCUT2D eigenvalue weighted by Gasteiger charge is 2.32. The third-order valence-electron chi connectivity index (χ3n) is 2.74. The smallest absolute Gasteiger partial charge is 0.351 e. The first-order valence-electron chi connectivity index (χ1n) is 6.13. The van der Waals surface area contributed by atoms with Gasteiger partial charge in [0.15, 0.2) is 0 Å². The zero-order valence-electron chi connectivity index (χ0n) is 11.1. The quantitative estimate of drug-likeness (QED) is 0.789. The molecule has 0 aliphatic rings. The van der Waals surface area contributed by atoms with Crippen molar-refractivity contribution in [2.75, 3.05) is 6.54 Å². The molecule has 2 N–H and O–H groups in total. The van der Waals surface area contributed by atoms with Gasteiger partial charge in [0, 0.05) is 13.1 Å². The van der Waals surface area contributed by atoms with Crippen LogP contribution in [0.25, 0.3) is 0 Å². The molecule has 0 aliphatic heterocycles. The second kappa shape index (κ2) is 7.09. The third kappa shape index (κ3) is 4.70. The minimum absolute atomic E-state index is 0.0294. The van der Waals surface area contributed by atoms with E-state index in [4.69, 9.17) is 0 Å². The summed E-state index contributed by atoms with van der Waals surface area (Å²) in [7, 11) is 0. The Balaban J connectivity index is 2.66. The zero-order valence-corrected chi connectivity index (χ0v) is 11.1. The van der Waals surface area contributed by atoms with Crippen molar-refractivity contribution in [1.29, 1.82) is 0 Å². The first-order chi connectivity index (χ1) is 9.36. The van der Waals surface area contributed by atoms with Crippen molar-refractivity contribution in [3.63, 3.8) is 0 Å². The molecule has 20 heavy (non-hydrogen) atoms. The number of halogens is 3. The summed E-state index contributed by atoms with van der Waals surface area (Å²) in [5.41, 5.74) is -0.574. The Bertz CT molecular complexity index is 472. The van der Waals surface area contributed by atoms with E-state index in [1.54, 1.807) is 6.92 Å². The van der Waals surface area contributed by atoms with Crippen LogP contribution in [0.4, 0.5) is 13.2 Å². The molecular weight excluding hydrogens is 269 g/mol. The molecule has 6 heteroatoms. The maximum absolute atomic E-state index is 12.8. The van der Waals surface area contributed by atoms with Crippen molar-refractivity contribution >= 4 is 5.91 Å². The van der Waals surface area contributed by atoms with Crippen molar-refractivity contribution < 1.29 is 18.0 Å². The van der Waals surface area contributed by atoms with Gasteiger partial charge in [-0.25, -0.2) is 0 Å². The molecule has 1 atom stereocenters. The lowest BCUT2D eigenvalue weighted by atomic mass is 10.1. The number of hydrogen-bond acceptors (Lipinski definition) is 2. The molecule has 0 saturated carbocycles. The lowest BCUT2D eigenvalue weighted by Crippen LogP contribution is -2.42. The van der Waals surface area contributed by atoms with E-state index in [2.05, 4.69) is 17.2 Å². The van der Waals surface area contributed by atoms with E-state index in [9.17, 15) is 18.0 Å². The van der Waals surface area contributed by atoms with Crippen LogP contribution in [0.1, 0.15) is 18.1 Å². The van der Waals surface area contributed by atoms with Crippen molar-refractivity contribution in [2.45, 2.75) is 25.7 Å². The lowest BCUT2D eigenvalue weighted by Gasteiger charge is -2.16. The van der Waals surface area contributed by atoms with Crippen LogP contribution in [0, 0.1) is 0 Å². The van der Waals surface area contributed by atoms with Gasteiger partial charge < -0.3 is 10.6 Å². The summed E-state index contributed by atoms with van der Waals surface area (Å²) >= 11 is 0. The molecule has 1 aromatic rings. The Morgan fingerprint density at radius 1 is 1.40 bits per heavy atom. The van der Waals surface area contributed by atoms with Crippen LogP contribution in [-0.4, -0.2) is 18.5 Å². The third-order valence-corrected chi connectivity index (χ3v) is 2.74. The fourth-order valence-electron chi connectivity index (χ4n) is 1.63. The first-order valence-corrected chi connectivity index (χ1v) is 6.13. The average molecular weight is 286 g/mol. The highest BCUT2D eigenvalue weighted by Crippen LogP contribution is 2.31. The van der Waals surface area contributed by atoms with Crippen molar-refractivity contribution in [1.82, 2.24) is 10.6 Å². The fraction of sp³-hybridized carbons (Fsp3) is 0.357. The molecule has 0 fully saturated rings. The Morgan fingerprint density at radius 3 is 2.65 bits per heavy atom. The van der Waals surface area contributed by atoms with E-state index in [1.165, 1.54) is 24.3 Å². The van der Waals surface area contributed by atoms with E-state index >= 15 is 0 Å². The van der Waals surface area contributed by atoms with Crippen molar-refractivity contribution in [2.24, 2.45) is 0 Å². The summed E-state index contributed by atoms with van der Waals surface area (Å²) in [6, 6.07) is 4.71. The Hall–Kier alpha value is -1.82. The second-order valence-electron chi connectivity index (χ2n) is 4.29. The highest BCUT2D eigenvalue weighted by molar-refractivity contribution is 5.81.